The van der Waals surface area contributed by atoms with Crippen molar-refractivity contribution in [2.75, 3.05) is 6.61 Å². The van der Waals surface area contributed by atoms with Crippen molar-refractivity contribution in [3.63, 3.8) is 0 Å². The summed E-state index contributed by atoms with van der Waals surface area (Å²) in [6, 6.07) is 3.16. The number of hydrogen-bond donors (Lipinski definition) is 1. The highest BCUT2D eigenvalue weighted by Gasteiger charge is 2.24. The molecule has 0 amide bonds. The summed E-state index contributed by atoms with van der Waals surface area (Å²) in [7, 11) is 0. The van der Waals surface area contributed by atoms with Gasteiger partial charge in [-0.3, -0.25) is 9.59 Å². The first-order valence-electron chi connectivity index (χ1n) is 6.97. The Bertz CT molecular complexity index is 803. The molecule has 8 heteroatoms. The van der Waals surface area contributed by atoms with Crippen molar-refractivity contribution in [3.05, 3.63) is 34.5 Å². The molecule has 0 saturated heterocycles. The summed E-state index contributed by atoms with van der Waals surface area (Å²) < 4.78 is 6.73. The fraction of sp³-hybridized carbons (Fsp3) is 0.267. The topological polar surface area (TPSA) is 81.4 Å². The number of carbonyl (C=O) groups is 2. The molecule has 1 aromatic carbocycles. The highest BCUT2D eigenvalue weighted by molar-refractivity contribution is 8.14. The summed E-state index contributed by atoms with van der Waals surface area (Å²) in [5, 5.41) is 13.8. The Kier molecular flexibility index (Phi) is 4.32. The van der Waals surface area contributed by atoms with Crippen molar-refractivity contribution in [2.45, 2.75) is 24.8 Å². The van der Waals surface area contributed by atoms with Gasteiger partial charge in [-0.25, -0.2) is 4.68 Å². The number of rotatable bonds is 3. The van der Waals surface area contributed by atoms with E-state index in [1.54, 1.807) is 12.1 Å². The van der Waals surface area contributed by atoms with E-state index in [9.17, 15) is 14.7 Å². The number of aryl methyl sites for hydroxylation is 1. The number of fused-ring (bicyclic) bond motifs is 1. The van der Waals surface area contributed by atoms with E-state index in [2.05, 4.69) is 5.10 Å². The van der Waals surface area contributed by atoms with E-state index in [-0.39, 0.29) is 28.8 Å². The lowest BCUT2D eigenvalue weighted by Crippen LogP contribution is -2.15. The lowest BCUT2D eigenvalue weighted by atomic mass is 10.1. The zero-order chi connectivity index (χ0) is 16.6. The van der Waals surface area contributed by atoms with Crippen LogP contribution >= 0.6 is 23.4 Å². The number of benzene rings is 1. The Morgan fingerprint density at radius 1 is 1.52 bits per heavy atom. The van der Waals surface area contributed by atoms with Gasteiger partial charge in [-0.2, -0.15) is 5.10 Å². The van der Waals surface area contributed by atoms with Crippen LogP contribution in [0.3, 0.4) is 0 Å². The molecule has 1 aliphatic heterocycles. The monoisotopic (exact) mass is 352 g/mol. The van der Waals surface area contributed by atoms with E-state index < -0.39 is 0 Å². The maximum Gasteiger partial charge on any atom is 0.231 e. The number of aromatic hydroxyl groups is 1. The van der Waals surface area contributed by atoms with E-state index in [4.69, 9.17) is 16.3 Å². The lowest BCUT2D eigenvalue weighted by Gasteiger charge is -2.18. The Hall–Kier alpha value is -1.99. The van der Waals surface area contributed by atoms with Crippen LogP contribution in [0.5, 0.6) is 11.6 Å². The van der Waals surface area contributed by atoms with Crippen molar-refractivity contribution < 1.29 is 19.4 Å². The fourth-order valence-electron chi connectivity index (χ4n) is 2.28. The third kappa shape index (κ3) is 2.94. The molecule has 0 atom stereocenters. The van der Waals surface area contributed by atoms with Crippen molar-refractivity contribution in [1.82, 2.24) is 9.78 Å². The largest absolute Gasteiger partial charge is 0.493 e. The number of thioether (sulfide) groups is 1. The molecule has 2 aromatic rings. The van der Waals surface area contributed by atoms with Crippen LogP contribution < -0.4 is 4.74 Å². The molecule has 0 saturated carbocycles. The minimum atomic E-state index is -0.373. The highest BCUT2D eigenvalue weighted by atomic mass is 35.5. The average molecular weight is 353 g/mol. The average Bonchev–Trinajstić information content (AvgIpc) is 2.89. The molecule has 0 unspecified atom stereocenters. The van der Waals surface area contributed by atoms with E-state index >= 15 is 0 Å². The van der Waals surface area contributed by atoms with Crippen molar-refractivity contribution >= 4 is 34.3 Å². The lowest BCUT2D eigenvalue weighted by molar-refractivity contribution is 0.0932. The first-order chi connectivity index (χ1) is 11.0. The van der Waals surface area contributed by atoms with E-state index in [0.29, 0.717) is 34.4 Å². The van der Waals surface area contributed by atoms with Gasteiger partial charge in [-0.1, -0.05) is 11.6 Å². The Morgan fingerprint density at radius 3 is 3.00 bits per heavy atom. The fourth-order valence-corrected chi connectivity index (χ4v) is 3.44. The predicted octanol–water partition coefficient (Wildman–Crippen LogP) is 3.16. The third-order valence-corrected chi connectivity index (χ3v) is 4.59. The molecule has 0 spiro atoms. The number of ether oxygens (including phenoxy) is 1. The molecule has 23 heavy (non-hydrogen) atoms. The van der Waals surface area contributed by atoms with E-state index in [0.717, 1.165) is 11.8 Å². The van der Waals surface area contributed by atoms with Gasteiger partial charge in [0, 0.05) is 17.9 Å². The summed E-state index contributed by atoms with van der Waals surface area (Å²) in [5.74, 6) is 0.125. The standard InChI is InChI=1S/C15H13ClN2O4S/c1-2-18-14(20)10(7-17-18)15(21)23-8-5-9-12(19)3-4-22-13(9)11(16)6-8/h5-7,20H,2-4H2,1H3. The van der Waals surface area contributed by atoms with Crippen LogP contribution in [-0.4, -0.2) is 32.4 Å². The van der Waals surface area contributed by atoms with Crippen molar-refractivity contribution in [3.8, 4) is 11.6 Å². The van der Waals surface area contributed by atoms with Gasteiger partial charge in [0.2, 0.25) is 11.0 Å². The van der Waals surface area contributed by atoms with E-state index in [1.165, 1.54) is 10.9 Å². The third-order valence-electron chi connectivity index (χ3n) is 3.43. The summed E-state index contributed by atoms with van der Waals surface area (Å²) >= 11 is 7.01. The van der Waals surface area contributed by atoms with Gasteiger partial charge >= 0.3 is 0 Å². The predicted molar refractivity (Wildman–Crippen MR) is 85.6 cm³/mol. The summed E-state index contributed by atoms with van der Waals surface area (Å²) in [4.78, 5) is 24.8. The summed E-state index contributed by atoms with van der Waals surface area (Å²) in [6.07, 6.45) is 1.61. The molecule has 1 aliphatic rings. The molecule has 0 bridgehead atoms. The van der Waals surface area contributed by atoms with Crippen molar-refractivity contribution in [2.24, 2.45) is 0 Å². The van der Waals surface area contributed by atoms with Crippen LogP contribution in [0.2, 0.25) is 5.02 Å². The van der Waals surface area contributed by atoms with E-state index in [1.807, 2.05) is 6.92 Å². The molecule has 6 nitrogen and oxygen atoms in total. The minimum absolute atomic E-state index is 0.0651. The number of ketones is 1. The van der Waals surface area contributed by atoms with Crippen LogP contribution in [0.25, 0.3) is 0 Å². The summed E-state index contributed by atoms with van der Waals surface area (Å²) in [5.41, 5.74) is 0.501. The van der Waals surface area contributed by atoms with Crippen LogP contribution in [0, 0.1) is 0 Å². The quantitative estimate of drug-likeness (QED) is 0.854. The Balaban J connectivity index is 1.89. The second kappa shape index (κ2) is 6.25. The van der Waals surface area contributed by atoms with Gasteiger partial charge in [0.1, 0.15) is 11.3 Å². The first-order valence-corrected chi connectivity index (χ1v) is 8.17. The number of Topliss-reactive ketones (excluding diaryl/α,β-unsaturated/α-hetero) is 1. The molecule has 0 fully saturated rings. The number of aromatic nitrogens is 2. The molecule has 3 rings (SSSR count). The van der Waals surface area contributed by atoms with Crippen molar-refractivity contribution in [1.29, 1.82) is 0 Å². The highest BCUT2D eigenvalue weighted by Crippen LogP contribution is 2.38. The molecule has 2 heterocycles. The van der Waals surface area contributed by atoms with Gasteiger partial charge < -0.3 is 9.84 Å². The van der Waals surface area contributed by atoms with Crippen LogP contribution in [0.15, 0.2) is 23.2 Å². The van der Waals surface area contributed by atoms with Crippen LogP contribution in [-0.2, 0) is 6.54 Å². The molecular weight excluding hydrogens is 340 g/mol. The number of nitrogens with zero attached hydrogens (tertiary/aromatic N) is 2. The molecular formula is C15H13ClN2O4S. The van der Waals surface area contributed by atoms with Gasteiger partial charge in [0.05, 0.1) is 23.4 Å². The molecule has 0 radical (unpaired) electrons. The minimum Gasteiger partial charge on any atom is -0.493 e. The van der Waals surface area contributed by atoms with Gasteiger partial charge in [-0.15, -0.1) is 0 Å². The maximum atomic E-state index is 12.3. The molecule has 0 aliphatic carbocycles. The molecule has 120 valence electrons. The second-order valence-electron chi connectivity index (χ2n) is 4.89. The normalized spacial score (nSPS) is 13.6. The van der Waals surface area contributed by atoms with Crippen LogP contribution in [0.1, 0.15) is 34.1 Å². The first kappa shape index (κ1) is 15.9. The van der Waals surface area contributed by atoms with Crippen LogP contribution in [0.4, 0.5) is 0 Å². The van der Waals surface area contributed by atoms with Gasteiger partial charge in [0.15, 0.2) is 5.78 Å². The van der Waals surface area contributed by atoms with Gasteiger partial charge in [-0.05, 0) is 30.8 Å². The molecule has 1 aromatic heterocycles. The number of hydrogen-bond acceptors (Lipinski definition) is 6. The maximum absolute atomic E-state index is 12.3. The van der Waals surface area contributed by atoms with Gasteiger partial charge in [0.25, 0.3) is 0 Å². The number of halogens is 1. The number of carbonyl (C=O) groups excluding carboxylic acids is 2. The zero-order valence-electron chi connectivity index (χ0n) is 12.2. The zero-order valence-corrected chi connectivity index (χ0v) is 13.8. The SMILES string of the molecule is CCn1ncc(C(=O)Sc2cc(Cl)c3c(c2)C(=O)CCO3)c1O. The summed E-state index contributed by atoms with van der Waals surface area (Å²) in [6.45, 7) is 2.57. The Labute approximate surface area is 141 Å². The molecule has 1 N–H and O–H groups in total. The Morgan fingerprint density at radius 2 is 2.30 bits per heavy atom. The smallest absolute Gasteiger partial charge is 0.231 e. The second-order valence-corrected chi connectivity index (χ2v) is 6.34.